The van der Waals surface area contributed by atoms with Gasteiger partial charge in [-0.1, -0.05) is 54.1 Å². The summed E-state index contributed by atoms with van der Waals surface area (Å²) in [4.78, 5) is 9.86. The van der Waals surface area contributed by atoms with E-state index in [-0.39, 0.29) is 0 Å². The molecule has 0 aliphatic heterocycles. The second-order valence-corrected chi connectivity index (χ2v) is 9.62. The summed E-state index contributed by atoms with van der Waals surface area (Å²) in [5.74, 6) is 0.845. The highest BCUT2D eigenvalue weighted by molar-refractivity contribution is 14.1. The van der Waals surface area contributed by atoms with Gasteiger partial charge in [-0.25, -0.2) is 9.97 Å². The molecule has 0 fully saturated rings. The van der Waals surface area contributed by atoms with E-state index in [4.69, 9.17) is 14.7 Å². The molecule has 0 atom stereocenters. The molecule has 0 amide bonds. The van der Waals surface area contributed by atoms with E-state index in [1.54, 1.807) is 7.11 Å². The summed E-state index contributed by atoms with van der Waals surface area (Å²) < 4.78 is 7.36. The van der Waals surface area contributed by atoms with Gasteiger partial charge in [-0.2, -0.15) is 0 Å². The second-order valence-electron chi connectivity index (χ2n) is 7.40. The van der Waals surface area contributed by atoms with Crippen molar-refractivity contribution in [1.29, 1.82) is 0 Å². The summed E-state index contributed by atoms with van der Waals surface area (Å²) in [5.41, 5.74) is 7.42. The highest BCUT2D eigenvalue weighted by Gasteiger charge is 2.47. The predicted molar refractivity (Wildman–Crippen MR) is 136 cm³/mol. The zero-order valence-electron chi connectivity index (χ0n) is 16.5. The van der Waals surface area contributed by atoms with Crippen molar-refractivity contribution in [3.63, 3.8) is 0 Å². The SMILES string of the molecule is COc1ccc(C2(c3ccc(C)cc3)c3ccc(I)nc3-c3nc(I)ccc32)cc1. The molecule has 30 heavy (non-hydrogen) atoms. The summed E-state index contributed by atoms with van der Waals surface area (Å²) in [6.07, 6.45) is 0. The minimum Gasteiger partial charge on any atom is -0.497 e. The van der Waals surface area contributed by atoms with Crippen molar-refractivity contribution >= 4 is 45.2 Å². The Kier molecular flexibility index (Phi) is 5.05. The Labute approximate surface area is 203 Å². The van der Waals surface area contributed by atoms with Gasteiger partial charge in [0.05, 0.1) is 23.9 Å². The van der Waals surface area contributed by atoms with Crippen LogP contribution in [0.2, 0.25) is 0 Å². The number of hydrogen-bond donors (Lipinski definition) is 0. The molecule has 0 saturated heterocycles. The lowest BCUT2D eigenvalue weighted by atomic mass is 9.68. The number of nitrogens with zero attached hydrogens (tertiary/aromatic N) is 2. The number of rotatable bonds is 3. The van der Waals surface area contributed by atoms with Crippen LogP contribution in [0.3, 0.4) is 0 Å². The van der Waals surface area contributed by atoms with Gasteiger partial charge in [0.2, 0.25) is 0 Å². The van der Waals surface area contributed by atoms with E-state index in [2.05, 4.69) is 113 Å². The molecule has 0 bridgehead atoms. The topological polar surface area (TPSA) is 35.0 Å². The lowest BCUT2D eigenvalue weighted by molar-refractivity contribution is 0.414. The van der Waals surface area contributed by atoms with Gasteiger partial charge >= 0.3 is 0 Å². The van der Waals surface area contributed by atoms with Crippen LogP contribution in [0.4, 0.5) is 0 Å². The molecule has 5 heteroatoms. The summed E-state index contributed by atoms with van der Waals surface area (Å²) >= 11 is 4.56. The van der Waals surface area contributed by atoms with E-state index in [1.165, 1.54) is 27.8 Å². The molecular weight excluding hydrogens is 598 g/mol. The normalized spacial score (nSPS) is 13.6. The monoisotopic (exact) mass is 616 g/mol. The number of fused-ring (bicyclic) bond motifs is 3. The van der Waals surface area contributed by atoms with Crippen LogP contribution in [0.25, 0.3) is 11.4 Å². The van der Waals surface area contributed by atoms with Gasteiger partial charge < -0.3 is 4.74 Å². The van der Waals surface area contributed by atoms with Gasteiger partial charge in [0, 0.05) is 0 Å². The molecule has 1 aliphatic carbocycles. The molecule has 0 spiro atoms. The zero-order valence-corrected chi connectivity index (χ0v) is 20.8. The van der Waals surface area contributed by atoms with Crippen LogP contribution >= 0.6 is 45.2 Å². The van der Waals surface area contributed by atoms with E-state index in [1.807, 2.05) is 12.1 Å². The third-order valence-corrected chi connectivity index (χ3v) is 6.96. The molecular formula is C25H18I2N2O. The van der Waals surface area contributed by atoms with E-state index in [0.29, 0.717) is 0 Å². The van der Waals surface area contributed by atoms with E-state index in [9.17, 15) is 0 Å². The Balaban J connectivity index is 1.92. The molecule has 0 unspecified atom stereocenters. The van der Waals surface area contributed by atoms with Crippen molar-refractivity contribution in [2.75, 3.05) is 7.11 Å². The van der Waals surface area contributed by atoms with Crippen molar-refractivity contribution < 1.29 is 4.74 Å². The Morgan fingerprint density at radius 2 is 1.13 bits per heavy atom. The summed E-state index contributed by atoms with van der Waals surface area (Å²) in [5, 5.41) is 0. The lowest BCUT2D eigenvalue weighted by Crippen LogP contribution is -2.28. The first kappa shape index (κ1) is 19.9. The van der Waals surface area contributed by atoms with Gasteiger partial charge in [-0.15, -0.1) is 0 Å². The molecule has 148 valence electrons. The number of methoxy groups -OCH3 is 1. The Bertz CT molecular complexity index is 1200. The molecule has 2 heterocycles. The number of pyridine rings is 2. The first-order valence-electron chi connectivity index (χ1n) is 9.60. The average Bonchev–Trinajstić information content (AvgIpc) is 3.04. The maximum atomic E-state index is 5.43. The van der Waals surface area contributed by atoms with Crippen molar-refractivity contribution in [2.24, 2.45) is 0 Å². The summed E-state index contributed by atoms with van der Waals surface area (Å²) in [6, 6.07) is 25.8. The number of ether oxygens (including phenoxy) is 1. The van der Waals surface area contributed by atoms with Crippen molar-refractivity contribution in [1.82, 2.24) is 9.97 Å². The minimum atomic E-state index is -0.473. The highest BCUT2D eigenvalue weighted by Crippen LogP contribution is 2.55. The molecule has 3 nitrogen and oxygen atoms in total. The lowest BCUT2D eigenvalue weighted by Gasteiger charge is -2.33. The van der Waals surface area contributed by atoms with Crippen LogP contribution in [-0.2, 0) is 5.41 Å². The van der Waals surface area contributed by atoms with Gasteiger partial charge in [-0.3, -0.25) is 0 Å². The fourth-order valence-electron chi connectivity index (χ4n) is 4.42. The number of hydrogen-bond acceptors (Lipinski definition) is 3. The van der Waals surface area contributed by atoms with E-state index < -0.39 is 5.41 Å². The molecule has 0 saturated carbocycles. The first-order valence-corrected chi connectivity index (χ1v) is 11.8. The van der Waals surface area contributed by atoms with E-state index >= 15 is 0 Å². The maximum absolute atomic E-state index is 5.43. The smallest absolute Gasteiger partial charge is 0.118 e. The molecule has 2 aromatic carbocycles. The number of aryl methyl sites for hydroxylation is 1. The zero-order chi connectivity index (χ0) is 20.9. The van der Waals surface area contributed by atoms with Crippen molar-refractivity contribution in [3.8, 4) is 17.1 Å². The minimum absolute atomic E-state index is 0.473. The third kappa shape index (κ3) is 2.97. The number of halogens is 2. The average molecular weight is 616 g/mol. The number of aromatic nitrogens is 2. The summed E-state index contributed by atoms with van der Waals surface area (Å²) in [7, 11) is 1.70. The van der Waals surface area contributed by atoms with Gasteiger partial charge in [0.15, 0.2) is 0 Å². The second kappa shape index (κ2) is 7.60. The largest absolute Gasteiger partial charge is 0.497 e. The fourth-order valence-corrected chi connectivity index (χ4v) is 5.26. The summed E-state index contributed by atoms with van der Waals surface area (Å²) in [6.45, 7) is 2.12. The van der Waals surface area contributed by atoms with Crippen molar-refractivity contribution in [2.45, 2.75) is 12.3 Å². The van der Waals surface area contributed by atoms with Gasteiger partial charge in [0.1, 0.15) is 13.2 Å². The Morgan fingerprint density at radius 1 is 0.667 bits per heavy atom. The molecule has 0 N–H and O–H groups in total. The van der Waals surface area contributed by atoms with Gasteiger partial charge in [0.25, 0.3) is 0 Å². The molecule has 0 radical (unpaired) electrons. The molecule has 4 aromatic rings. The third-order valence-electron chi connectivity index (χ3n) is 5.76. The molecule has 1 aliphatic rings. The van der Waals surface area contributed by atoms with Gasteiger partial charge in [-0.05, 0) is 98.6 Å². The quantitative estimate of drug-likeness (QED) is 0.175. The van der Waals surface area contributed by atoms with Crippen LogP contribution in [0.5, 0.6) is 5.75 Å². The predicted octanol–water partition coefficient (Wildman–Crippen LogP) is 6.37. The van der Waals surface area contributed by atoms with Crippen LogP contribution in [-0.4, -0.2) is 17.1 Å². The molecule has 5 rings (SSSR count). The van der Waals surface area contributed by atoms with Crippen LogP contribution in [0, 0.1) is 14.3 Å². The van der Waals surface area contributed by atoms with E-state index in [0.717, 1.165) is 24.5 Å². The Hall–Kier alpha value is -2.00. The van der Waals surface area contributed by atoms with Crippen LogP contribution < -0.4 is 4.74 Å². The molecule has 2 aromatic heterocycles. The Morgan fingerprint density at radius 3 is 1.60 bits per heavy atom. The van der Waals surface area contributed by atoms with Crippen LogP contribution in [0.15, 0.2) is 72.8 Å². The number of benzene rings is 2. The highest BCUT2D eigenvalue weighted by atomic mass is 127. The van der Waals surface area contributed by atoms with Crippen molar-refractivity contribution in [3.05, 3.63) is 108 Å². The standard InChI is InChI=1S/C25H18I2N2O/c1-15-3-5-16(6-4-15)25(17-7-9-18(30-2)10-8-17)19-11-13-21(26)28-23(19)24-20(25)12-14-22(27)29-24/h3-14H,1-2H3. The van der Waals surface area contributed by atoms with Crippen LogP contribution in [0.1, 0.15) is 27.8 Å². The first-order chi connectivity index (χ1) is 14.5. The fraction of sp³-hybridized carbons (Fsp3) is 0.120. The maximum Gasteiger partial charge on any atom is 0.118 e.